The molecule has 2 heterocycles. The van der Waals surface area contributed by atoms with Gasteiger partial charge in [0.25, 0.3) is 5.91 Å². The maximum atomic E-state index is 12.7. The lowest BCUT2D eigenvalue weighted by atomic mass is 10.1. The van der Waals surface area contributed by atoms with Crippen molar-refractivity contribution in [2.45, 2.75) is 0 Å². The number of thioether (sulfide) groups is 1. The van der Waals surface area contributed by atoms with Crippen LogP contribution in [0.1, 0.15) is 5.56 Å². The summed E-state index contributed by atoms with van der Waals surface area (Å²) in [4.78, 5) is 14.9. The molecule has 2 aromatic carbocycles. The summed E-state index contributed by atoms with van der Waals surface area (Å²) in [5.74, 6) is -0.0960. The molecule has 0 unspecified atom stereocenters. The van der Waals surface area contributed by atoms with Crippen molar-refractivity contribution in [3.8, 4) is 16.9 Å². The highest BCUT2D eigenvalue weighted by Crippen LogP contribution is 2.34. The van der Waals surface area contributed by atoms with Crippen LogP contribution in [0.25, 0.3) is 23.0 Å². The first kappa shape index (κ1) is 18.4. The van der Waals surface area contributed by atoms with Crippen LogP contribution < -0.4 is 0 Å². The summed E-state index contributed by atoms with van der Waals surface area (Å²) >= 11 is 6.65. The summed E-state index contributed by atoms with van der Waals surface area (Å²) < 4.78 is 2.38. The Morgan fingerprint density at radius 2 is 1.75 bits per heavy atom. The minimum Gasteiger partial charge on any atom is -0.289 e. The average molecular weight is 404 g/mol. The molecule has 1 aliphatic heterocycles. The van der Waals surface area contributed by atoms with Crippen LogP contribution >= 0.6 is 24.0 Å². The molecule has 1 saturated heterocycles. The number of aromatic nitrogens is 2. The highest BCUT2D eigenvalue weighted by atomic mass is 32.2. The van der Waals surface area contributed by atoms with Gasteiger partial charge in [-0.25, -0.2) is 4.68 Å². The Morgan fingerprint density at radius 3 is 2.43 bits per heavy atom. The van der Waals surface area contributed by atoms with E-state index < -0.39 is 0 Å². The van der Waals surface area contributed by atoms with E-state index in [-0.39, 0.29) is 5.91 Å². The molecule has 0 bridgehead atoms. The normalized spacial score (nSPS) is 15.4. The Kier molecular flexibility index (Phi) is 5.23. The zero-order chi connectivity index (χ0) is 19.5. The summed E-state index contributed by atoms with van der Waals surface area (Å²) in [6, 6.07) is 19.8. The number of carbonyl (C=O) groups excluding carboxylic acids is 1. The van der Waals surface area contributed by atoms with Gasteiger partial charge in [-0.3, -0.25) is 9.69 Å². The van der Waals surface area contributed by atoms with Crippen molar-refractivity contribution < 1.29 is 4.79 Å². The molecule has 0 aliphatic carbocycles. The first-order chi connectivity index (χ1) is 13.7. The van der Waals surface area contributed by atoms with Gasteiger partial charge in [-0.1, -0.05) is 78.6 Å². The second-order valence-electron chi connectivity index (χ2n) is 6.16. The monoisotopic (exact) mass is 403 g/mol. The Hall–Kier alpha value is -2.96. The summed E-state index contributed by atoms with van der Waals surface area (Å²) in [6.45, 7) is 4.11. The molecule has 1 aliphatic rings. The van der Waals surface area contributed by atoms with Gasteiger partial charge in [0.2, 0.25) is 0 Å². The summed E-state index contributed by atoms with van der Waals surface area (Å²) in [7, 11) is 0. The molecule has 1 amide bonds. The average Bonchev–Trinajstić information content (AvgIpc) is 3.26. The third-order valence-electron chi connectivity index (χ3n) is 4.28. The molecule has 4 rings (SSSR count). The predicted octanol–water partition coefficient (Wildman–Crippen LogP) is 4.93. The predicted molar refractivity (Wildman–Crippen MR) is 119 cm³/mol. The van der Waals surface area contributed by atoms with E-state index >= 15 is 0 Å². The van der Waals surface area contributed by atoms with Crippen LogP contribution in [-0.4, -0.2) is 31.5 Å². The van der Waals surface area contributed by atoms with Crippen molar-refractivity contribution in [2.75, 3.05) is 6.54 Å². The second kappa shape index (κ2) is 7.96. The first-order valence-corrected chi connectivity index (χ1v) is 9.96. The fourth-order valence-corrected chi connectivity index (χ4v) is 4.22. The first-order valence-electron chi connectivity index (χ1n) is 8.74. The van der Waals surface area contributed by atoms with E-state index in [1.165, 1.54) is 11.8 Å². The van der Waals surface area contributed by atoms with E-state index in [1.807, 2.05) is 77.6 Å². The quantitative estimate of drug-likeness (QED) is 0.344. The van der Waals surface area contributed by atoms with Gasteiger partial charge < -0.3 is 0 Å². The van der Waals surface area contributed by atoms with Crippen LogP contribution in [0.15, 0.2) is 84.4 Å². The van der Waals surface area contributed by atoms with E-state index in [0.29, 0.717) is 15.8 Å². The molecule has 0 N–H and O–H groups in total. The number of nitrogens with zero attached hydrogens (tertiary/aromatic N) is 3. The van der Waals surface area contributed by atoms with E-state index in [9.17, 15) is 4.79 Å². The third-order valence-corrected chi connectivity index (χ3v) is 5.66. The molecule has 0 spiro atoms. The van der Waals surface area contributed by atoms with E-state index in [4.69, 9.17) is 17.3 Å². The van der Waals surface area contributed by atoms with Gasteiger partial charge in [-0.2, -0.15) is 5.10 Å². The lowest BCUT2D eigenvalue weighted by Crippen LogP contribution is -2.27. The number of thiocarbonyl (C=S) groups is 1. The lowest BCUT2D eigenvalue weighted by molar-refractivity contribution is -0.121. The van der Waals surface area contributed by atoms with Gasteiger partial charge in [0.15, 0.2) is 0 Å². The summed E-state index contributed by atoms with van der Waals surface area (Å²) in [5.41, 5.74) is 3.64. The van der Waals surface area contributed by atoms with Crippen molar-refractivity contribution in [3.63, 3.8) is 0 Å². The topological polar surface area (TPSA) is 38.1 Å². The number of para-hydroxylation sites is 1. The molecule has 1 aromatic heterocycles. The molecule has 3 aromatic rings. The van der Waals surface area contributed by atoms with Gasteiger partial charge in [0.1, 0.15) is 4.32 Å². The zero-order valence-electron chi connectivity index (χ0n) is 15.0. The number of carbonyl (C=O) groups is 1. The van der Waals surface area contributed by atoms with Crippen LogP contribution in [0.3, 0.4) is 0 Å². The maximum absolute atomic E-state index is 12.7. The van der Waals surface area contributed by atoms with Crippen LogP contribution in [0, 0.1) is 0 Å². The van der Waals surface area contributed by atoms with E-state index in [0.717, 1.165) is 22.5 Å². The number of hydrogen-bond donors (Lipinski definition) is 0. The molecule has 1 fully saturated rings. The number of benzene rings is 2. The Labute approximate surface area is 173 Å². The summed E-state index contributed by atoms with van der Waals surface area (Å²) in [5, 5.41) is 4.78. The van der Waals surface area contributed by atoms with Crippen molar-refractivity contribution in [1.82, 2.24) is 14.7 Å². The summed E-state index contributed by atoms with van der Waals surface area (Å²) in [6.07, 6.45) is 5.49. The van der Waals surface area contributed by atoms with E-state index in [1.54, 1.807) is 11.0 Å². The highest BCUT2D eigenvalue weighted by molar-refractivity contribution is 8.26. The molecule has 0 radical (unpaired) electrons. The standard InChI is InChI=1S/C22H17N3OS2/c1-2-13-24-21(26)19(28-22(24)27)14-17-15-25(18-11-7-4-8-12-18)23-20(17)16-9-5-3-6-10-16/h2-12,14-15H,1,13H2. The lowest BCUT2D eigenvalue weighted by Gasteiger charge is -2.10. The van der Waals surface area contributed by atoms with Crippen molar-refractivity contribution in [1.29, 1.82) is 0 Å². The van der Waals surface area contributed by atoms with Gasteiger partial charge in [0.05, 0.1) is 16.3 Å². The maximum Gasteiger partial charge on any atom is 0.266 e. The number of hydrogen-bond acceptors (Lipinski definition) is 4. The van der Waals surface area contributed by atoms with Crippen molar-refractivity contribution in [3.05, 3.63) is 90.0 Å². The molecule has 28 heavy (non-hydrogen) atoms. The molecule has 0 atom stereocenters. The fraction of sp³-hybridized carbons (Fsp3) is 0.0455. The SMILES string of the molecule is C=CCN1C(=O)C(=Cc2cn(-c3ccccc3)nc2-c2ccccc2)SC1=S. The minimum absolute atomic E-state index is 0.0960. The van der Waals surface area contributed by atoms with Crippen LogP contribution in [-0.2, 0) is 4.79 Å². The zero-order valence-corrected chi connectivity index (χ0v) is 16.6. The van der Waals surface area contributed by atoms with Gasteiger partial charge in [-0.05, 0) is 18.2 Å². The molecule has 6 heteroatoms. The van der Waals surface area contributed by atoms with Gasteiger partial charge >= 0.3 is 0 Å². The molecule has 4 nitrogen and oxygen atoms in total. The number of amides is 1. The highest BCUT2D eigenvalue weighted by Gasteiger charge is 2.31. The van der Waals surface area contributed by atoms with E-state index in [2.05, 4.69) is 6.58 Å². The Bertz CT molecular complexity index is 1070. The third kappa shape index (κ3) is 3.56. The van der Waals surface area contributed by atoms with Crippen LogP contribution in [0.2, 0.25) is 0 Å². The van der Waals surface area contributed by atoms with Crippen LogP contribution in [0.5, 0.6) is 0 Å². The van der Waals surface area contributed by atoms with Gasteiger partial charge in [-0.15, -0.1) is 6.58 Å². The fourth-order valence-electron chi connectivity index (χ4n) is 2.95. The van der Waals surface area contributed by atoms with Crippen molar-refractivity contribution in [2.24, 2.45) is 0 Å². The smallest absolute Gasteiger partial charge is 0.266 e. The molecule has 138 valence electrons. The van der Waals surface area contributed by atoms with Crippen LogP contribution in [0.4, 0.5) is 0 Å². The van der Waals surface area contributed by atoms with Gasteiger partial charge in [0, 0.05) is 23.9 Å². The molecule has 0 saturated carbocycles. The second-order valence-corrected chi connectivity index (χ2v) is 7.84. The Morgan fingerprint density at radius 1 is 1.07 bits per heavy atom. The number of rotatable bonds is 5. The largest absolute Gasteiger partial charge is 0.289 e. The minimum atomic E-state index is -0.0960. The molecular formula is C22H17N3OS2. The van der Waals surface area contributed by atoms with Crippen molar-refractivity contribution >= 4 is 40.3 Å². The molecular weight excluding hydrogens is 386 g/mol. The Balaban J connectivity index is 1.80.